The van der Waals surface area contributed by atoms with Crippen LogP contribution < -0.4 is 14.9 Å². The molecule has 0 spiro atoms. The summed E-state index contributed by atoms with van der Waals surface area (Å²) in [6, 6.07) is 26.1. The van der Waals surface area contributed by atoms with E-state index in [-0.39, 0.29) is 5.91 Å². The zero-order valence-electron chi connectivity index (χ0n) is 18.8. The zero-order valence-corrected chi connectivity index (χ0v) is 18.8. The highest BCUT2D eigenvalue weighted by Crippen LogP contribution is 2.27. The van der Waals surface area contributed by atoms with Gasteiger partial charge in [-0.3, -0.25) is 19.9 Å². The molecule has 0 fully saturated rings. The lowest BCUT2D eigenvalue weighted by Crippen LogP contribution is -2.24. The van der Waals surface area contributed by atoms with Crippen molar-refractivity contribution >= 4 is 17.8 Å². The van der Waals surface area contributed by atoms with Gasteiger partial charge in [0.2, 0.25) is 0 Å². The third-order valence-corrected chi connectivity index (χ3v) is 5.19. The minimum Gasteiger partial charge on any atom is -0.497 e. The normalized spacial score (nSPS) is 10.9. The Balaban J connectivity index is 1.44. The van der Waals surface area contributed by atoms with Gasteiger partial charge in [-0.15, -0.1) is 0 Å². The van der Waals surface area contributed by atoms with E-state index in [9.17, 15) is 4.79 Å². The van der Waals surface area contributed by atoms with Crippen molar-refractivity contribution in [2.24, 2.45) is 4.99 Å². The molecular weight excluding hydrogens is 414 g/mol. The van der Waals surface area contributed by atoms with Crippen LogP contribution in [0.2, 0.25) is 0 Å². The SMILES string of the molecule is COc1cccc(Oc2ccc(N=Cc3cc(C)n(NC(=O)c4ccccc4)c3C)cc2)c1. The highest BCUT2D eigenvalue weighted by atomic mass is 16.5. The number of nitrogens with one attached hydrogen (secondary N) is 1. The van der Waals surface area contributed by atoms with E-state index in [1.165, 1.54) is 0 Å². The average molecular weight is 440 g/mol. The van der Waals surface area contributed by atoms with E-state index >= 15 is 0 Å². The Morgan fingerprint density at radius 3 is 2.33 bits per heavy atom. The van der Waals surface area contributed by atoms with Crippen LogP contribution in [0.3, 0.4) is 0 Å². The summed E-state index contributed by atoms with van der Waals surface area (Å²) in [6.07, 6.45) is 1.80. The summed E-state index contributed by atoms with van der Waals surface area (Å²) in [5.41, 5.74) is 7.09. The number of aromatic nitrogens is 1. The number of carbonyl (C=O) groups excluding carboxylic acids is 1. The Labute approximate surface area is 193 Å². The third-order valence-electron chi connectivity index (χ3n) is 5.19. The van der Waals surface area contributed by atoms with Gasteiger partial charge in [0, 0.05) is 34.8 Å². The molecule has 0 aliphatic rings. The zero-order chi connectivity index (χ0) is 23.2. The van der Waals surface area contributed by atoms with Crippen molar-refractivity contribution in [1.29, 1.82) is 0 Å². The molecule has 1 aromatic heterocycles. The van der Waals surface area contributed by atoms with E-state index in [4.69, 9.17) is 9.47 Å². The molecule has 6 nitrogen and oxygen atoms in total. The largest absolute Gasteiger partial charge is 0.497 e. The molecule has 0 aliphatic carbocycles. The molecule has 1 N–H and O–H groups in total. The molecular formula is C27H25N3O3. The second-order valence-corrected chi connectivity index (χ2v) is 7.50. The number of hydrogen-bond acceptors (Lipinski definition) is 4. The van der Waals surface area contributed by atoms with Crippen LogP contribution >= 0.6 is 0 Å². The molecule has 0 bridgehead atoms. The number of aryl methyl sites for hydroxylation is 1. The predicted molar refractivity (Wildman–Crippen MR) is 131 cm³/mol. The van der Waals surface area contributed by atoms with Crippen LogP contribution in [0, 0.1) is 13.8 Å². The standard InChI is InChI=1S/C27H25N3O3/c1-19-16-22(20(2)30(19)29-27(31)21-8-5-4-6-9-21)18-28-23-12-14-24(15-13-23)33-26-11-7-10-25(17-26)32-3/h4-18H,1-3H3,(H,29,31). The molecule has 0 saturated heterocycles. The summed E-state index contributed by atoms with van der Waals surface area (Å²) < 4.78 is 12.9. The average Bonchev–Trinajstić information content (AvgIpc) is 3.11. The van der Waals surface area contributed by atoms with Crippen LogP contribution in [0.4, 0.5) is 5.69 Å². The fourth-order valence-electron chi connectivity index (χ4n) is 3.39. The van der Waals surface area contributed by atoms with Gasteiger partial charge in [0.15, 0.2) is 0 Å². The fraction of sp³-hybridized carbons (Fsp3) is 0.111. The second kappa shape index (κ2) is 9.87. The third kappa shape index (κ3) is 5.30. The number of nitrogens with zero attached hydrogens (tertiary/aromatic N) is 2. The Morgan fingerprint density at radius 2 is 1.61 bits per heavy atom. The molecule has 166 valence electrons. The molecule has 6 heteroatoms. The van der Waals surface area contributed by atoms with Crippen molar-refractivity contribution in [2.75, 3.05) is 12.5 Å². The molecule has 3 aromatic carbocycles. The topological polar surface area (TPSA) is 64.8 Å². The van der Waals surface area contributed by atoms with Gasteiger partial charge in [0.1, 0.15) is 17.2 Å². The van der Waals surface area contributed by atoms with Gasteiger partial charge in [0.05, 0.1) is 12.8 Å². The summed E-state index contributed by atoms with van der Waals surface area (Å²) in [7, 11) is 1.63. The predicted octanol–water partition coefficient (Wildman–Crippen LogP) is 6.04. The maximum absolute atomic E-state index is 12.5. The first-order valence-corrected chi connectivity index (χ1v) is 10.5. The molecule has 1 amide bonds. The van der Waals surface area contributed by atoms with Crippen molar-refractivity contribution in [3.63, 3.8) is 0 Å². The highest BCUT2D eigenvalue weighted by Gasteiger charge is 2.11. The van der Waals surface area contributed by atoms with Crippen LogP contribution in [0.1, 0.15) is 27.3 Å². The van der Waals surface area contributed by atoms with Crippen LogP contribution in [0.25, 0.3) is 0 Å². The minimum absolute atomic E-state index is 0.160. The number of methoxy groups -OCH3 is 1. The van der Waals surface area contributed by atoms with Crippen molar-refractivity contribution in [2.45, 2.75) is 13.8 Å². The van der Waals surface area contributed by atoms with Gasteiger partial charge >= 0.3 is 0 Å². The Kier molecular flexibility index (Phi) is 6.55. The molecule has 1 heterocycles. The first-order chi connectivity index (χ1) is 16.0. The van der Waals surface area contributed by atoms with Gasteiger partial charge in [-0.05, 0) is 68.4 Å². The Hall–Kier alpha value is -4.32. The number of rotatable bonds is 7. The number of amides is 1. The van der Waals surface area contributed by atoms with Gasteiger partial charge in [0.25, 0.3) is 5.91 Å². The van der Waals surface area contributed by atoms with E-state index in [0.29, 0.717) is 17.1 Å². The van der Waals surface area contributed by atoms with Gasteiger partial charge in [-0.2, -0.15) is 0 Å². The molecule has 4 rings (SSSR count). The van der Waals surface area contributed by atoms with E-state index in [0.717, 1.165) is 28.4 Å². The van der Waals surface area contributed by atoms with Gasteiger partial charge in [-0.1, -0.05) is 24.3 Å². The van der Waals surface area contributed by atoms with Crippen LogP contribution in [-0.4, -0.2) is 23.9 Å². The quantitative estimate of drug-likeness (QED) is 0.357. The first-order valence-electron chi connectivity index (χ1n) is 10.5. The summed E-state index contributed by atoms with van der Waals surface area (Å²) in [5, 5.41) is 0. The number of benzene rings is 3. The van der Waals surface area contributed by atoms with E-state index in [1.807, 2.05) is 86.6 Å². The second-order valence-electron chi connectivity index (χ2n) is 7.50. The van der Waals surface area contributed by atoms with Crippen molar-refractivity contribution in [3.8, 4) is 17.2 Å². The number of hydrogen-bond donors (Lipinski definition) is 1. The summed E-state index contributed by atoms with van der Waals surface area (Å²) in [6.45, 7) is 3.89. The van der Waals surface area contributed by atoms with Crippen molar-refractivity contribution in [1.82, 2.24) is 4.68 Å². The summed E-state index contributed by atoms with van der Waals surface area (Å²) >= 11 is 0. The number of carbonyl (C=O) groups is 1. The summed E-state index contributed by atoms with van der Waals surface area (Å²) in [4.78, 5) is 17.1. The fourth-order valence-corrected chi connectivity index (χ4v) is 3.39. The molecule has 0 saturated carbocycles. The maximum atomic E-state index is 12.5. The lowest BCUT2D eigenvalue weighted by Gasteiger charge is -2.11. The number of ether oxygens (including phenoxy) is 2. The lowest BCUT2D eigenvalue weighted by atomic mass is 10.2. The molecule has 33 heavy (non-hydrogen) atoms. The molecule has 4 aromatic rings. The smallest absolute Gasteiger partial charge is 0.270 e. The highest BCUT2D eigenvalue weighted by molar-refractivity contribution is 6.00. The van der Waals surface area contributed by atoms with E-state index < -0.39 is 0 Å². The van der Waals surface area contributed by atoms with E-state index in [1.54, 1.807) is 30.1 Å². The summed E-state index contributed by atoms with van der Waals surface area (Å²) in [5.74, 6) is 2.00. The van der Waals surface area contributed by atoms with Crippen molar-refractivity contribution < 1.29 is 14.3 Å². The minimum atomic E-state index is -0.160. The maximum Gasteiger partial charge on any atom is 0.270 e. The molecule has 0 radical (unpaired) electrons. The lowest BCUT2D eigenvalue weighted by molar-refractivity contribution is 0.101. The van der Waals surface area contributed by atoms with Crippen LogP contribution in [0.5, 0.6) is 17.2 Å². The first kappa shape index (κ1) is 21.9. The molecule has 0 aliphatic heterocycles. The van der Waals surface area contributed by atoms with Gasteiger partial charge in [-0.25, -0.2) is 0 Å². The Bertz CT molecular complexity index is 1280. The van der Waals surface area contributed by atoms with Crippen LogP contribution in [-0.2, 0) is 0 Å². The Morgan fingerprint density at radius 1 is 0.879 bits per heavy atom. The number of aliphatic imine (C=N–C) groups is 1. The molecule has 0 unspecified atom stereocenters. The molecule has 0 atom stereocenters. The van der Waals surface area contributed by atoms with Crippen LogP contribution in [0.15, 0.2) is 89.9 Å². The monoisotopic (exact) mass is 439 g/mol. The van der Waals surface area contributed by atoms with Gasteiger partial charge < -0.3 is 9.47 Å². The van der Waals surface area contributed by atoms with E-state index in [2.05, 4.69) is 10.4 Å². The van der Waals surface area contributed by atoms with Crippen molar-refractivity contribution in [3.05, 3.63) is 107 Å².